The van der Waals surface area contributed by atoms with Gasteiger partial charge in [-0.15, -0.1) is 11.3 Å². The number of carbonyl (C=O) groups is 1. The first-order chi connectivity index (χ1) is 14.7. The molecule has 0 fully saturated rings. The van der Waals surface area contributed by atoms with E-state index in [4.69, 9.17) is 9.94 Å². The second-order valence-electron chi connectivity index (χ2n) is 7.97. The average Bonchev–Trinajstić information content (AvgIpc) is 3.10. The maximum absolute atomic E-state index is 13.2. The lowest BCUT2D eigenvalue weighted by molar-refractivity contribution is 0.0636. The van der Waals surface area contributed by atoms with Crippen LogP contribution in [0, 0.1) is 5.82 Å². The van der Waals surface area contributed by atoms with Gasteiger partial charge in [-0.05, 0) is 51.5 Å². The van der Waals surface area contributed by atoms with E-state index in [0.29, 0.717) is 10.4 Å². The molecular weight excluding hydrogens is 461 g/mol. The monoisotopic (exact) mass is 487 g/mol. The highest BCUT2D eigenvalue weighted by Crippen LogP contribution is 2.35. The zero-order chi connectivity index (χ0) is 24.3. The van der Waals surface area contributed by atoms with E-state index in [2.05, 4.69) is 10.5 Å². The molecule has 32 heavy (non-hydrogen) atoms. The number of hydrogen-bond acceptors (Lipinski definition) is 8. The number of aliphatic hydroxyl groups is 1. The molecule has 0 bridgehead atoms. The topological polar surface area (TPSA) is 129 Å². The molecule has 176 valence electrons. The molecule has 0 aliphatic heterocycles. The van der Waals surface area contributed by atoms with E-state index in [1.165, 1.54) is 32.2 Å². The van der Waals surface area contributed by atoms with Crippen LogP contribution in [0.2, 0.25) is 0 Å². The first kappa shape index (κ1) is 25.7. The maximum atomic E-state index is 13.2. The Hall–Kier alpha value is -2.54. The molecule has 3 N–H and O–H groups in total. The molecule has 0 saturated carbocycles. The number of anilines is 1. The lowest BCUT2D eigenvalue weighted by atomic mass is 10.1. The molecule has 0 spiro atoms. The van der Waals surface area contributed by atoms with Crippen LogP contribution in [0.3, 0.4) is 0 Å². The van der Waals surface area contributed by atoms with Crippen molar-refractivity contribution in [1.29, 1.82) is 0 Å². The fourth-order valence-corrected chi connectivity index (χ4v) is 5.20. The van der Waals surface area contributed by atoms with Gasteiger partial charge < -0.3 is 15.1 Å². The number of nitrogens with zero attached hydrogens (tertiary/aromatic N) is 2. The predicted octanol–water partition coefficient (Wildman–Crippen LogP) is 3.79. The Morgan fingerprint density at radius 2 is 1.91 bits per heavy atom. The van der Waals surface area contributed by atoms with Gasteiger partial charge in [-0.2, -0.15) is 4.31 Å². The number of likely N-dealkylation sites (N-methyl/N-ethyl adjacent to an activating group) is 1. The Bertz CT molecular complexity index is 1090. The Labute approximate surface area is 190 Å². The highest BCUT2D eigenvalue weighted by Gasteiger charge is 2.30. The summed E-state index contributed by atoms with van der Waals surface area (Å²) in [4.78, 5) is 12.3. The first-order valence-corrected chi connectivity index (χ1v) is 11.7. The molecule has 2 rings (SSSR count). The number of ether oxygens (including phenoxy) is 1. The van der Waals surface area contributed by atoms with Gasteiger partial charge in [0, 0.05) is 13.6 Å². The number of oxime groups is 1. The minimum Gasteiger partial charge on any atom is -0.444 e. The van der Waals surface area contributed by atoms with Crippen LogP contribution in [-0.2, 0) is 14.8 Å². The molecule has 1 aromatic heterocycles. The largest absolute Gasteiger partial charge is 0.444 e. The molecule has 1 amide bonds. The van der Waals surface area contributed by atoms with Gasteiger partial charge in [0.1, 0.15) is 21.3 Å². The van der Waals surface area contributed by atoms with Gasteiger partial charge in [0.2, 0.25) is 10.0 Å². The molecular formula is C20H26FN3O6S2. The summed E-state index contributed by atoms with van der Waals surface area (Å²) in [5.41, 5.74) is -0.311. The van der Waals surface area contributed by atoms with E-state index < -0.39 is 33.6 Å². The minimum atomic E-state index is -4.19. The number of benzene rings is 1. The van der Waals surface area contributed by atoms with Gasteiger partial charge in [-0.25, -0.2) is 17.6 Å². The van der Waals surface area contributed by atoms with Gasteiger partial charge >= 0.3 is 6.09 Å². The number of rotatable bonds is 7. The maximum Gasteiger partial charge on any atom is 0.412 e. The van der Waals surface area contributed by atoms with Crippen molar-refractivity contribution >= 4 is 38.2 Å². The summed E-state index contributed by atoms with van der Waals surface area (Å²) in [7, 11) is -2.92. The zero-order valence-electron chi connectivity index (χ0n) is 18.3. The fourth-order valence-electron chi connectivity index (χ4n) is 2.58. The molecule has 1 aromatic carbocycles. The van der Waals surface area contributed by atoms with E-state index in [-0.39, 0.29) is 22.2 Å². The Morgan fingerprint density at radius 1 is 1.31 bits per heavy atom. The molecule has 1 heterocycles. The summed E-state index contributed by atoms with van der Waals surface area (Å²) in [5.74, 6) is -0.480. The van der Waals surface area contributed by atoms with Crippen molar-refractivity contribution in [2.24, 2.45) is 5.16 Å². The van der Waals surface area contributed by atoms with Crippen LogP contribution in [0.25, 0.3) is 0 Å². The molecule has 9 nitrogen and oxygen atoms in total. The molecule has 0 saturated heterocycles. The smallest absolute Gasteiger partial charge is 0.412 e. The van der Waals surface area contributed by atoms with Crippen molar-refractivity contribution in [2.75, 3.05) is 18.9 Å². The number of carbonyl (C=O) groups excluding carboxylic acids is 1. The summed E-state index contributed by atoms with van der Waals surface area (Å²) >= 11 is 0.895. The van der Waals surface area contributed by atoms with E-state index in [9.17, 15) is 22.7 Å². The summed E-state index contributed by atoms with van der Waals surface area (Å²) in [6, 6.07) is 6.32. The van der Waals surface area contributed by atoms with Gasteiger partial charge in [-0.1, -0.05) is 17.3 Å². The van der Waals surface area contributed by atoms with E-state index >= 15 is 0 Å². The number of nitrogens with one attached hydrogen (secondary N) is 1. The van der Waals surface area contributed by atoms with Gasteiger partial charge in [-0.3, -0.25) is 5.32 Å². The van der Waals surface area contributed by atoms with E-state index in [0.717, 1.165) is 27.8 Å². The summed E-state index contributed by atoms with van der Waals surface area (Å²) in [5, 5.41) is 24.9. The molecule has 2 aromatic rings. The number of thiophene rings is 1. The zero-order valence-corrected chi connectivity index (χ0v) is 19.9. The van der Waals surface area contributed by atoms with Crippen LogP contribution in [0.4, 0.5) is 14.2 Å². The van der Waals surface area contributed by atoms with Crippen LogP contribution in [0.1, 0.15) is 44.2 Å². The average molecular weight is 488 g/mol. The highest BCUT2D eigenvalue weighted by atomic mass is 32.2. The Balaban J connectivity index is 2.35. The van der Waals surface area contributed by atoms with Gasteiger partial charge in [0.05, 0.1) is 16.7 Å². The standard InChI is InChI=1S/C20H26FN3O6S2/c1-12(23-27)16-10-17(18(31-16)22-19(26)30-20(2,3)4)32(28,29)24(5)11-15(25)13-6-8-14(21)9-7-13/h6-10,15,25,27H,11H2,1-5H3,(H,22,26). The normalized spacial score (nSPS) is 13.8. The van der Waals surface area contributed by atoms with Crippen molar-refractivity contribution in [3.05, 3.63) is 46.6 Å². The molecule has 0 radical (unpaired) electrons. The van der Waals surface area contributed by atoms with Crippen LogP contribution in [0.15, 0.2) is 40.4 Å². The Kier molecular flexibility index (Phi) is 7.99. The van der Waals surface area contributed by atoms with Crippen LogP contribution < -0.4 is 5.32 Å². The molecule has 1 unspecified atom stereocenters. The third kappa shape index (κ3) is 6.48. The van der Waals surface area contributed by atoms with Crippen molar-refractivity contribution in [1.82, 2.24) is 4.31 Å². The number of sulfonamides is 1. The SMILES string of the molecule is CC(=NO)c1cc(S(=O)(=O)N(C)CC(O)c2ccc(F)cc2)c(NC(=O)OC(C)(C)C)s1. The summed E-state index contributed by atoms with van der Waals surface area (Å²) < 4.78 is 45.7. The second-order valence-corrected chi connectivity index (χ2v) is 11.0. The summed E-state index contributed by atoms with van der Waals surface area (Å²) in [6.45, 7) is 6.14. The lowest BCUT2D eigenvalue weighted by Gasteiger charge is -2.22. The number of hydrogen-bond donors (Lipinski definition) is 3. The minimum absolute atomic E-state index is 0.0274. The Morgan fingerprint density at radius 3 is 2.44 bits per heavy atom. The van der Waals surface area contributed by atoms with Gasteiger partial charge in [0.25, 0.3) is 0 Å². The second kappa shape index (κ2) is 9.94. The van der Waals surface area contributed by atoms with Crippen molar-refractivity contribution in [3.63, 3.8) is 0 Å². The van der Waals surface area contributed by atoms with E-state index in [1.54, 1.807) is 20.8 Å². The van der Waals surface area contributed by atoms with Crippen LogP contribution >= 0.6 is 11.3 Å². The predicted molar refractivity (Wildman–Crippen MR) is 119 cm³/mol. The van der Waals surface area contributed by atoms with Crippen molar-refractivity contribution < 1.29 is 32.7 Å². The fraction of sp³-hybridized carbons (Fsp3) is 0.400. The molecule has 1 atom stereocenters. The number of amides is 1. The number of halogens is 1. The van der Waals surface area contributed by atoms with Crippen LogP contribution in [0.5, 0.6) is 0 Å². The van der Waals surface area contributed by atoms with Crippen molar-refractivity contribution in [2.45, 2.75) is 44.3 Å². The van der Waals surface area contributed by atoms with E-state index in [1.807, 2.05) is 0 Å². The van der Waals surface area contributed by atoms with Gasteiger partial charge in [0.15, 0.2) is 0 Å². The first-order valence-electron chi connectivity index (χ1n) is 9.47. The summed E-state index contributed by atoms with van der Waals surface area (Å²) in [6.07, 6.45) is -2.06. The third-order valence-electron chi connectivity index (χ3n) is 4.19. The highest BCUT2D eigenvalue weighted by molar-refractivity contribution is 7.89. The molecule has 0 aliphatic carbocycles. The lowest BCUT2D eigenvalue weighted by Crippen LogP contribution is -2.32. The molecule has 12 heteroatoms. The third-order valence-corrected chi connectivity index (χ3v) is 7.33. The van der Waals surface area contributed by atoms with Crippen molar-refractivity contribution in [3.8, 4) is 0 Å². The molecule has 0 aliphatic rings. The quantitative estimate of drug-likeness (QED) is 0.310. The number of aliphatic hydroxyl groups excluding tert-OH is 1. The van der Waals surface area contributed by atoms with Crippen LogP contribution in [-0.4, -0.2) is 54.0 Å².